The fraction of sp³-hybridized carbons (Fsp3) is 0.364. The first-order chi connectivity index (χ1) is 6.81. The summed E-state index contributed by atoms with van der Waals surface area (Å²) in [5.41, 5.74) is 1.04. The maximum Gasteiger partial charge on any atom is 0.343 e. The van der Waals surface area contributed by atoms with Gasteiger partial charge in [-0.25, -0.2) is 4.79 Å². The molecule has 3 heteroatoms. The van der Waals surface area contributed by atoms with Gasteiger partial charge in [0.05, 0.1) is 6.61 Å². The number of benzene rings is 1. The van der Waals surface area contributed by atoms with Gasteiger partial charge in [0.2, 0.25) is 0 Å². The zero-order valence-electron chi connectivity index (χ0n) is 8.03. The van der Waals surface area contributed by atoms with E-state index in [9.17, 15) is 4.79 Å². The van der Waals surface area contributed by atoms with Crippen molar-refractivity contribution >= 4 is 5.97 Å². The second-order valence-corrected chi connectivity index (χ2v) is 3.20. The van der Waals surface area contributed by atoms with Crippen LogP contribution < -0.4 is 4.74 Å². The van der Waals surface area contributed by atoms with Gasteiger partial charge in [-0.2, -0.15) is 0 Å². The highest BCUT2D eigenvalue weighted by molar-refractivity contribution is 5.79. The molecule has 1 aromatic carbocycles. The summed E-state index contributed by atoms with van der Waals surface area (Å²) < 4.78 is 10.0. The molecule has 0 aromatic heterocycles. The first-order valence-corrected chi connectivity index (χ1v) is 4.72. The number of hydrogen-bond donors (Lipinski definition) is 0. The van der Waals surface area contributed by atoms with Crippen LogP contribution in [0.4, 0.5) is 0 Å². The molecule has 0 spiro atoms. The fourth-order valence-electron chi connectivity index (χ4n) is 1.25. The summed E-state index contributed by atoms with van der Waals surface area (Å²) >= 11 is 0. The number of carbonyl (C=O) groups excluding carboxylic acids is 1. The molecule has 2 rings (SSSR count). The molecule has 0 saturated carbocycles. The Balaban J connectivity index is 2.10. The highest BCUT2D eigenvalue weighted by Crippen LogP contribution is 2.21. The molecule has 0 radical (unpaired) electrons. The Morgan fingerprint density at radius 3 is 2.93 bits per heavy atom. The van der Waals surface area contributed by atoms with Crippen molar-refractivity contribution in [1.29, 1.82) is 0 Å². The molecule has 1 fully saturated rings. The van der Waals surface area contributed by atoms with Gasteiger partial charge < -0.3 is 9.47 Å². The minimum absolute atomic E-state index is 0.286. The molecule has 1 heterocycles. The van der Waals surface area contributed by atoms with E-state index < -0.39 is 0 Å². The molecule has 0 bridgehead atoms. The lowest BCUT2D eigenvalue weighted by molar-refractivity contribution is -0.135. The lowest BCUT2D eigenvalue weighted by Gasteiger charge is -2.06. The largest absolute Gasteiger partial charge is 0.424 e. The van der Waals surface area contributed by atoms with Gasteiger partial charge in [-0.15, -0.1) is 0 Å². The summed E-state index contributed by atoms with van der Waals surface area (Å²) in [6, 6.07) is 7.55. The Morgan fingerprint density at radius 1 is 1.57 bits per heavy atom. The minimum atomic E-state index is -0.333. The van der Waals surface area contributed by atoms with Crippen molar-refractivity contribution in [2.75, 3.05) is 6.61 Å². The zero-order valence-corrected chi connectivity index (χ0v) is 8.03. The molecule has 1 aliphatic heterocycles. The Bertz CT molecular complexity index is 342. The number of aryl methyl sites for hydroxylation is 1. The average molecular weight is 192 g/mol. The van der Waals surface area contributed by atoms with E-state index in [1.165, 1.54) is 0 Å². The quantitative estimate of drug-likeness (QED) is 0.414. The lowest BCUT2D eigenvalue weighted by Crippen LogP contribution is -2.15. The summed E-state index contributed by atoms with van der Waals surface area (Å²) in [7, 11) is 0. The zero-order chi connectivity index (χ0) is 9.97. The average Bonchev–Trinajstić information content (AvgIpc) is 3.02. The third kappa shape index (κ3) is 1.93. The fourth-order valence-corrected chi connectivity index (χ4v) is 1.25. The van der Waals surface area contributed by atoms with Gasteiger partial charge in [0.1, 0.15) is 5.75 Å². The Morgan fingerprint density at radius 2 is 2.29 bits per heavy atom. The summed E-state index contributed by atoms with van der Waals surface area (Å²) in [5.74, 6) is 0.362. The van der Waals surface area contributed by atoms with Crippen LogP contribution >= 0.6 is 0 Å². The Labute approximate surface area is 82.6 Å². The van der Waals surface area contributed by atoms with Gasteiger partial charge in [0, 0.05) is 0 Å². The van der Waals surface area contributed by atoms with Crippen LogP contribution in [-0.2, 0) is 16.0 Å². The third-order valence-corrected chi connectivity index (χ3v) is 2.16. The minimum Gasteiger partial charge on any atom is -0.424 e. The molecule has 14 heavy (non-hydrogen) atoms. The topological polar surface area (TPSA) is 38.8 Å². The number of epoxide rings is 1. The van der Waals surface area contributed by atoms with E-state index in [0.29, 0.717) is 12.4 Å². The van der Waals surface area contributed by atoms with Gasteiger partial charge in [-0.05, 0) is 18.1 Å². The predicted molar refractivity (Wildman–Crippen MR) is 51.2 cm³/mol. The van der Waals surface area contributed by atoms with E-state index in [2.05, 4.69) is 0 Å². The number of para-hydroxylation sites is 1. The SMILES string of the molecule is CCc1ccccc1OC(=O)C1CO1. The summed E-state index contributed by atoms with van der Waals surface area (Å²) in [6.45, 7) is 2.52. The van der Waals surface area contributed by atoms with Crippen molar-refractivity contribution in [2.45, 2.75) is 19.4 Å². The molecule has 0 N–H and O–H groups in total. The molecule has 1 saturated heterocycles. The number of carbonyl (C=O) groups is 1. The molecule has 74 valence electrons. The van der Waals surface area contributed by atoms with Gasteiger partial charge >= 0.3 is 5.97 Å². The van der Waals surface area contributed by atoms with E-state index in [1.807, 2.05) is 25.1 Å². The smallest absolute Gasteiger partial charge is 0.343 e. The number of esters is 1. The molecule has 0 amide bonds. The predicted octanol–water partition coefficient (Wildman–Crippen LogP) is 1.55. The lowest BCUT2D eigenvalue weighted by atomic mass is 10.1. The van der Waals surface area contributed by atoms with E-state index in [4.69, 9.17) is 9.47 Å². The Hall–Kier alpha value is -1.35. The Kier molecular flexibility index (Phi) is 2.50. The second kappa shape index (κ2) is 3.80. The van der Waals surface area contributed by atoms with Crippen LogP contribution in [0.15, 0.2) is 24.3 Å². The molecule has 1 atom stereocenters. The number of hydrogen-bond acceptors (Lipinski definition) is 3. The van der Waals surface area contributed by atoms with Crippen LogP contribution in [0.5, 0.6) is 5.75 Å². The maximum absolute atomic E-state index is 11.3. The summed E-state index contributed by atoms with van der Waals surface area (Å²) in [4.78, 5) is 11.3. The first kappa shape index (κ1) is 9.21. The second-order valence-electron chi connectivity index (χ2n) is 3.20. The van der Waals surface area contributed by atoms with Crippen LogP contribution in [0.2, 0.25) is 0 Å². The molecule has 0 aliphatic carbocycles. The van der Waals surface area contributed by atoms with E-state index in [1.54, 1.807) is 6.07 Å². The molecular formula is C11H12O3. The summed E-state index contributed by atoms with van der Waals surface area (Å²) in [5, 5.41) is 0. The van der Waals surface area contributed by atoms with E-state index >= 15 is 0 Å². The van der Waals surface area contributed by atoms with E-state index in [-0.39, 0.29) is 12.1 Å². The highest BCUT2D eigenvalue weighted by Gasteiger charge is 2.33. The van der Waals surface area contributed by atoms with Crippen LogP contribution in [0.3, 0.4) is 0 Å². The molecule has 1 aromatic rings. The van der Waals surface area contributed by atoms with Crippen molar-refractivity contribution in [3.05, 3.63) is 29.8 Å². The standard InChI is InChI=1S/C11H12O3/c1-2-8-5-3-4-6-9(8)14-11(12)10-7-13-10/h3-6,10H,2,7H2,1H3. The van der Waals surface area contributed by atoms with Crippen molar-refractivity contribution in [1.82, 2.24) is 0 Å². The summed E-state index contributed by atoms with van der Waals surface area (Å²) in [6.07, 6.45) is 0.523. The highest BCUT2D eigenvalue weighted by atomic mass is 16.6. The molecule has 1 aliphatic rings. The first-order valence-electron chi connectivity index (χ1n) is 4.72. The van der Waals surface area contributed by atoms with Crippen LogP contribution in [0.1, 0.15) is 12.5 Å². The van der Waals surface area contributed by atoms with Crippen molar-refractivity contribution < 1.29 is 14.3 Å². The van der Waals surface area contributed by atoms with Crippen LogP contribution in [-0.4, -0.2) is 18.7 Å². The van der Waals surface area contributed by atoms with E-state index in [0.717, 1.165) is 12.0 Å². The van der Waals surface area contributed by atoms with Gasteiger partial charge in [0.15, 0.2) is 6.10 Å². The molecule has 1 unspecified atom stereocenters. The van der Waals surface area contributed by atoms with Gasteiger partial charge in [0.25, 0.3) is 0 Å². The number of ether oxygens (including phenoxy) is 2. The van der Waals surface area contributed by atoms with Gasteiger partial charge in [-0.3, -0.25) is 0 Å². The normalized spacial score (nSPS) is 19.1. The number of rotatable bonds is 3. The van der Waals surface area contributed by atoms with Crippen molar-refractivity contribution in [3.63, 3.8) is 0 Å². The van der Waals surface area contributed by atoms with Gasteiger partial charge in [-0.1, -0.05) is 25.1 Å². The van der Waals surface area contributed by atoms with Crippen molar-refractivity contribution in [2.24, 2.45) is 0 Å². The maximum atomic E-state index is 11.3. The molecule has 3 nitrogen and oxygen atoms in total. The van der Waals surface area contributed by atoms with Crippen LogP contribution in [0, 0.1) is 0 Å². The van der Waals surface area contributed by atoms with Crippen molar-refractivity contribution in [3.8, 4) is 5.75 Å². The third-order valence-electron chi connectivity index (χ3n) is 2.16. The van der Waals surface area contributed by atoms with Crippen LogP contribution in [0.25, 0.3) is 0 Å². The monoisotopic (exact) mass is 192 g/mol. The molecular weight excluding hydrogens is 180 g/mol.